The number of imidazole rings is 1. The fourth-order valence-electron chi connectivity index (χ4n) is 5.54. The van der Waals surface area contributed by atoms with Crippen LogP contribution < -0.4 is 5.32 Å². The Morgan fingerprint density at radius 2 is 1.71 bits per heavy atom. The van der Waals surface area contributed by atoms with Gasteiger partial charge in [0.2, 0.25) is 0 Å². The summed E-state index contributed by atoms with van der Waals surface area (Å²) in [5.41, 5.74) is -0.366. The van der Waals surface area contributed by atoms with Gasteiger partial charge in [-0.15, -0.1) is 0 Å². The van der Waals surface area contributed by atoms with Crippen molar-refractivity contribution in [1.29, 1.82) is 0 Å². The lowest BCUT2D eigenvalue weighted by atomic mass is 9.80. The Hall–Kier alpha value is -2.85. The number of hydrogen-bond donors (Lipinski definition) is 2. The number of anilines is 1. The third-order valence-electron chi connectivity index (χ3n) is 7.02. The summed E-state index contributed by atoms with van der Waals surface area (Å²) in [4.78, 5) is 20.0. The van der Waals surface area contributed by atoms with Crippen LogP contribution in [0.25, 0.3) is 0 Å². The van der Waals surface area contributed by atoms with Gasteiger partial charge < -0.3 is 10.3 Å². The molecule has 1 aromatic heterocycles. The lowest BCUT2D eigenvalue weighted by Crippen LogP contribution is -2.37. The predicted molar refractivity (Wildman–Crippen MR) is 123 cm³/mol. The number of benzene rings is 2. The van der Waals surface area contributed by atoms with E-state index in [4.69, 9.17) is 11.6 Å². The molecule has 0 saturated heterocycles. The Morgan fingerprint density at radius 1 is 1.06 bits per heavy atom. The molecule has 2 N–H and O–H groups in total. The number of hydrogen-bond acceptors (Lipinski definition) is 4. The highest BCUT2D eigenvalue weighted by atomic mass is 35.5. The first-order valence-electron chi connectivity index (χ1n) is 11.1. The topological polar surface area (TPSA) is 91.9 Å². The quantitative estimate of drug-likeness (QED) is 0.433. The molecule has 1 heterocycles. The highest BCUT2D eigenvalue weighted by molar-refractivity contribution is 7.92. The first-order valence-corrected chi connectivity index (χ1v) is 13.1. The zero-order valence-electron chi connectivity index (χ0n) is 18.3. The standard InChI is InChI=1S/C24H21ClF3N3O3S/c25-17-4-3-14(24(32)31-16-10-18(26)21(28)19(27)11-16)9-20(17)35(33,34)22-12-1-2-13(22)8-15(7-12)23-29-5-6-30-23/h3-6,9-13,15,22H,1-2,7-8H2,(H,29,30)(H,31,32). The van der Waals surface area contributed by atoms with E-state index in [9.17, 15) is 26.4 Å². The summed E-state index contributed by atoms with van der Waals surface area (Å²) in [6.45, 7) is 0. The molecule has 5 rings (SSSR count). The van der Waals surface area contributed by atoms with Crippen LogP contribution in [0.5, 0.6) is 0 Å². The van der Waals surface area contributed by atoms with E-state index in [-0.39, 0.29) is 38.9 Å². The Labute approximate surface area is 204 Å². The number of aromatic amines is 1. The van der Waals surface area contributed by atoms with Crippen molar-refractivity contribution in [1.82, 2.24) is 9.97 Å². The van der Waals surface area contributed by atoms with Crippen LogP contribution in [0.2, 0.25) is 5.02 Å². The predicted octanol–water partition coefficient (Wildman–Crippen LogP) is 5.48. The molecule has 0 aliphatic heterocycles. The summed E-state index contributed by atoms with van der Waals surface area (Å²) in [7, 11) is -3.88. The molecule has 2 atom stereocenters. The minimum absolute atomic E-state index is 0.00650. The molecular weight excluding hydrogens is 503 g/mol. The average Bonchev–Trinajstić information content (AvgIpc) is 3.44. The Kier molecular flexibility index (Phi) is 6.13. The maximum atomic E-state index is 13.7. The highest BCUT2D eigenvalue weighted by Crippen LogP contribution is 2.52. The number of rotatable bonds is 5. The fourth-order valence-corrected chi connectivity index (χ4v) is 8.42. The van der Waals surface area contributed by atoms with Gasteiger partial charge in [0.05, 0.1) is 15.2 Å². The summed E-state index contributed by atoms with van der Waals surface area (Å²) in [6, 6.07) is 5.08. The molecule has 184 valence electrons. The number of sulfone groups is 1. The van der Waals surface area contributed by atoms with E-state index < -0.39 is 38.4 Å². The van der Waals surface area contributed by atoms with E-state index in [2.05, 4.69) is 15.3 Å². The number of carbonyl (C=O) groups excluding carboxylic acids is 1. The largest absolute Gasteiger partial charge is 0.348 e. The van der Waals surface area contributed by atoms with Crippen LogP contribution >= 0.6 is 11.6 Å². The van der Waals surface area contributed by atoms with Crippen molar-refractivity contribution in [2.45, 2.75) is 41.7 Å². The van der Waals surface area contributed by atoms with Gasteiger partial charge in [0.25, 0.3) is 5.91 Å². The molecule has 2 aliphatic rings. The number of nitrogens with one attached hydrogen (secondary N) is 2. The molecule has 11 heteroatoms. The van der Waals surface area contributed by atoms with E-state index in [1.54, 1.807) is 12.4 Å². The zero-order chi connectivity index (χ0) is 24.9. The Bertz CT molecular complexity index is 1360. The summed E-state index contributed by atoms with van der Waals surface area (Å²) in [5, 5.41) is 1.64. The molecule has 2 aromatic carbocycles. The maximum Gasteiger partial charge on any atom is 0.255 e. The summed E-state index contributed by atoms with van der Waals surface area (Å²) in [6.07, 6.45) is 6.38. The molecule has 2 saturated carbocycles. The lowest BCUT2D eigenvalue weighted by Gasteiger charge is -2.34. The van der Waals surface area contributed by atoms with Crippen molar-refractivity contribution in [3.8, 4) is 0 Å². The molecule has 6 nitrogen and oxygen atoms in total. The van der Waals surface area contributed by atoms with E-state index in [1.807, 2.05) is 0 Å². The second-order valence-corrected chi connectivity index (χ2v) is 11.6. The Balaban J connectivity index is 1.41. The first kappa shape index (κ1) is 23.9. The molecule has 2 unspecified atom stereocenters. The number of fused-ring (bicyclic) bond motifs is 2. The monoisotopic (exact) mass is 523 g/mol. The van der Waals surface area contributed by atoms with E-state index in [0.29, 0.717) is 25.0 Å². The van der Waals surface area contributed by atoms with Crippen LogP contribution in [-0.2, 0) is 9.84 Å². The molecular formula is C24H21ClF3N3O3S. The lowest BCUT2D eigenvalue weighted by molar-refractivity contribution is 0.102. The molecule has 2 bridgehead atoms. The summed E-state index contributed by atoms with van der Waals surface area (Å²) >= 11 is 6.28. The highest BCUT2D eigenvalue weighted by Gasteiger charge is 2.50. The van der Waals surface area contributed by atoms with Crippen LogP contribution in [-0.4, -0.2) is 29.5 Å². The van der Waals surface area contributed by atoms with Crippen molar-refractivity contribution >= 4 is 33.0 Å². The van der Waals surface area contributed by atoms with Gasteiger partial charge in [0, 0.05) is 41.7 Å². The number of halogens is 4. The van der Waals surface area contributed by atoms with Crippen LogP contribution in [0, 0.1) is 29.3 Å². The minimum atomic E-state index is -3.88. The third-order valence-corrected chi connectivity index (χ3v) is 9.90. The van der Waals surface area contributed by atoms with Gasteiger partial charge in [-0.2, -0.15) is 0 Å². The SMILES string of the molecule is O=C(Nc1cc(F)c(F)c(F)c1)c1ccc(Cl)c(S(=O)(=O)C2C3CCC2CC(c2ncc[nH]2)C3)c1. The van der Waals surface area contributed by atoms with Crippen molar-refractivity contribution in [2.75, 3.05) is 5.32 Å². The van der Waals surface area contributed by atoms with E-state index in [1.165, 1.54) is 18.2 Å². The molecule has 0 spiro atoms. The molecule has 2 fully saturated rings. The van der Waals surface area contributed by atoms with Crippen LogP contribution in [0.4, 0.5) is 18.9 Å². The van der Waals surface area contributed by atoms with Gasteiger partial charge in [-0.25, -0.2) is 26.6 Å². The van der Waals surface area contributed by atoms with Gasteiger partial charge in [0.15, 0.2) is 27.3 Å². The normalized spacial score (nSPS) is 23.9. The second-order valence-electron chi connectivity index (χ2n) is 9.10. The van der Waals surface area contributed by atoms with Crippen molar-refractivity contribution in [2.24, 2.45) is 11.8 Å². The van der Waals surface area contributed by atoms with E-state index in [0.717, 1.165) is 18.7 Å². The summed E-state index contributed by atoms with van der Waals surface area (Å²) in [5.74, 6) is -4.48. The first-order chi connectivity index (χ1) is 16.6. The Morgan fingerprint density at radius 3 is 2.31 bits per heavy atom. The molecule has 3 aromatic rings. The van der Waals surface area contributed by atoms with Crippen molar-refractivity contribution < 1.29 is 26.4 Å². The summed E-state index contributed by atoms with van der Waals surface area (Å²) < 4.78 is 67.7. The third kappa shape index (κ3) is 4.33. The number of aromatic nitrogens is 2. The zero-order valence-corrected chi connectivity index (χ0v) is 19.8. The number of nitrogens with zero attached hydrogens (tertiary/aromatic N) is 1. The number of amides is 1. The van der Waals surface area contributed by atoms with Gasteiger partial charge in [-0.1, -0.05) is 11.6 Å². The molecule has 2 aliphatic carbocycles. The van der Waals surface area contributed by atoms with Crippen LogP contribution in [0.3, 0.4) is 0 Å². The van der Waals surface area contributed by atoms with Gasteiger partial charge in [0.1, 0.15) is 5.82 Å². The molecule has 1 amide bonds. The number of carbonyl (C=O) groups is 1. The molecule has 35 heavy (non-hydrogen) atoms. The van der Waals surface area contributed by atoms with Gasteiger partial charge in [-0.3, -0.25) is 4.79 Å². The second kappa shape index (κ2) is 8.98. The van der Waals surface area contributed by atoms with Crippen molar-refractivity contribution in [3.63, 3.8) is 0 Å². The van der Waals surface area contributed by atoms with Gasteiger partial charge in [-0.05, 0) is 55.7 Å². The minimum Gasteiger partial charge on any atom is -0.348 e. The number of H-pyrrole nitrogens is 1. The maximum absolute atomic E-state index is 13.7. The smallest absolute Gasteiger partial charge is 0.255 e. The van der Waals surface area contributed by atoms with Crippen LogP contribution in [0.15, 0.2) is 47.6 Å². The van der Waals surface area contributed by atoms with Crippen LogP contribution in [0.1, 0.15) is 47.8 Å². The van der Waals surface area contributed by atoms with Gasteiger partial charge >= 0.3 is 0 Å². The van der Waals surface area contributed by atoms with E-state index >= 15 is 0 Å². The average molecular weight is 524 g/mol. The fraction of sp³-hybridized carbons (Fsp3) is 0.333. The van der Waals surface area contributed by atoms with Crippen molar-refractivity contribution in [3.05, 3.63) is 76.6 Å². The molecule has 0 radical (unpaired) electrons.